The molecular formula is C23H29NO5. The number of carbonyl (C=O) groups excluding carboxylic acids is 1. The first-order chi connectivity index (χ1) is 14.1. The zero-order chi connectivity index (χ0) is 20.8. The minimum atomic E-state index is -0.249. The van der Waals surface area contributed by atoms with E-state index in [4.69, 9.17) is 18.9 Å². The number of hydrogen-bond acceptors (Lipinski definition) is 6. The molecule has 1 fully saturated rings. The van der Waals surface area contributed by atoms with Crippen LogP contribution < -0.4 is 14.2 Å². The maximum absolute atomic E-state index is 12.7. The largest absolute Gasteiger partial charge is 0.493 e. The van der Waals surface area contributed by atoms with Crippen molar-refractivity contribution in [2.45, 2.75) is 19.4 Å². The predicted molar refractivity (Wildman–Crippen MR) is 111 cm³/mol. The van der Waals surface area contributed by atoms with Crippen LogP contribution in [0.2, 0.25) is 0 Å². The molecule has 6 nitrogen and oxygen atoms in total. The number of esters is 1. The van der Waals surface area contributed by atoms with Crippen LogP contribution in [0.25, 0.3) is 0 Å². The fraction of sp³-hybridized carbons (Fsp3) is 0.435. The van der Waals surface area contributed by atoms with Crippen LogP contribution in [-0.4, -0.2) is 51.9 Å². The normalized spacial score (nSPS) is 19.0. The van der Waals surface area contributed by atoms with Crippen molar-refractivity contribution in [2.75, 3.05) is 41.0 Å². The average molecular weight is 399 g/mol. The Bertz CT molecular complexity index is 798. The molecule has 0 amide bonds. The molecule has 6 heteroatoms. The van der Waals surface area contributed by atoms with E-state index < -0.39 is 0 Å². The van der Waals surface area contributed by atoms with Gasteiger partial charge in [-0.15, -0.1) is 0 Å². The summed E-state index contributed by atoms with van der Waals surface area (Å²) >= 11 is 0. The number of carbonyl (C=O) groups is 1. The lowest BCUT2D eigenvalue weighted by atomic mass is 9.88. The third-order valence-corrected chi connectivity index (χ3v) is 5.35. The summed E-state index contributed by atoms with van der Waals surface area (Å²) < 4.78 is 21.8. The van der Waals surface area contributed by atoms with Crippen molar-refractivity contribution < 1.29 is 23.7 Å². The summed E-state index contributed by atoms with van der Waals surface area (Å²) in [6.07, 6.45) is 0. The predicted octanol–water partition coefficient (Wildman–Crippen LogP) is 3.49. The van der Waals surface area contributed by atoms with Gasteiger partial charge in [-0.25, -0.2) is 0 Å². The highest BCUT2D eigenvalue weighted by Crippen LogP contribution is 2.43. The van der Waals surface area contributed by atoms with Crippen molar-refractivity contribution in [3.8, 4) is 17.2 Å². The number of nitrogens with zero attached hydrogens (tertiary/aromatic N) is 1. The fourth-order valence-electron chi connectivity index (χ4n) is 4.00. The van der Waals surface area contributed by atoms with E-state index in [2.05, 4.69) is 17.0 Å². The van der Waals surface area contributed by atoms with Crippen LogP contribution in [0, 0.1) is 5.92 Å². The number of benzene rings is 2. The van der Waals surface area contributed by atoms with E-state index >= 15 is 0 Å². The van der Waals surface area contributed by atoms with Gasteiger partial charge in [-0.1, -0.05) is 30.3 Å². The highest BCUT2D eigenvalue weighted by atomic mass is 16.5. The molecule has 1 aliphatic rings. The molecule has 1 saturated heterocycles. The van der Waals surface area contributed by atoms with Gasteiger partial charge in [-0.3, -0.25) is 9.69 Å². The lowest BCUT2D eigenvalue weighted by Gasteiger charge is -2.20. The Balaban J connectivity index is 1.92. The molecule has 0 N–H and O–H groups in total. The number of hydrogen-bond donors (Lipinski definition) is 0. The second kappa shape index (κ2) is 9.65. The van der Waals surface area contributed by atoms with Crippen LogP contribution in [0.4, 0.5) is 0 Å². The maximum Gasteiger partial charge on any atom is 0.310 e. The smallest absolute Gasteiger partial charge is 0.310 e. The Morgan fingerprint density at radius 3 is 2.21 bits per heavy atom. The van der Waals surface area contributed by atoms with Crippen molar-refractivity contribution in [2.24, 2.45) is 5.92 Å². The second-order valence-electron chi connectivity index (χ2n) is 7.10. The Kier molecular flexibility index (Phi) is 6.99. The summed E-state index contributed by atoms with van der Waals surface area (Å²) in [5.74, 6) is 1.29. The summed E-state index contributed by atoms with van der Waals surface area (Å²) in [5.41, 5.74) is 2.20. The van der Waals surface area contributed by atoms with E-state index in [1.807, 2.05) is 37.3 Å². The Morgan fingerprint density at radius 2 is 1.66 bits per heavy atom. The molecule has 3 rings (SSSR count). The summed E-state index contributed by atoms with van der Waals surface area (Å²) in [4.78, 5) is 15.0. The molecule has 0 bridgehead atoms. The number of methoxy groups -OCH3 is 3. The number of likely N-dealkylation sites (tertiary alicyclic amines) is 1. The zero-order valence-corrected chi connectivity index (χ0v) is 17.5. The van der Waals surface area contributed by atoms with Crippen LogP contribution in [0.1, 0.15) is 24.0 Å². The Morgan fingerprint density at radius 1 is 1.00 bits per heavy atom. The van der Waals surface area contributed by atoms with Crippen LogP contribution in [0.15, 0.2) is 42.5 Å². The first kappa shape index (κ1) is 21.0. The lowest BCUT2D eigenvalue weighted by molar-refractivity contribution is -0.148. The summed E-state index contributed by atoms with van der Waals surface area (Å²) in [6.45, 7) is 4.39. The van der Waals surface area contributed by atoms with E-state index in [9.17, 15) is 4.79 Å². The van der Waals surface area contributed by atoms with Gasteiger partial charge in [0.2, 0.25) is 5.75 Å². The van der Waals surface area contributed by atoms with Crippen LogP contribution in [0.3, 0.4) is 0 Å². The first-order valence-corrected chi connectivity index (χ1v) is 9.84. The van der Waals surface area contributed by atoms with Gasteiger partial charge in [-0.2, -0.15) is 0 Å². The molecule has 0 spiro atoms. The third kappa shape index (κ3) is 4.65. The average Bonchev–Trinajstić information content (AvgIpc) is 3.17. The summed E-state index contributed by atoms with van der Waals surface area (Å²) in [6, 6.07) is 14.1. The lowest BCUT2D eigenvalue weighted by Crippen LogP contribution is -2.25. The van der Waals surface area contributed by atoms with Crippen molar-refractivity contribution >= 4 is 5.97 Å². The van der Waals surface area contributed by atoms with Crippen LogP contribution in [0.5, 0.6) is 17.2 Å². The number of ether oxygens (including phenoxy) is 4. The van der Waals surface area contributed by atoms with Gasteiger partial charge in [-0.05, 0) is 30.2 Å². The molecule has 156 valence electrons. The standard InChI is InChI=1S/C23H29NO5/c1-5-29-23(25)19-15-24(13-16-9-7-6-8-10-16)14-18(19)17-11-20(26-2)22(28-4)21(12-17)27-3/h6-12,18-19H,5,13-15H2,1-4H3. The van der Waals surface area contributed by atoms with Gasteiger partial charge in [0.1, 0.15) is 0 Å². The molecule has 2 aromatic rings. The van der Waals surface area contributed by atoms with E-state index in [0.29, 0.717) is 30.4 Å². The quantitative estimate of drug-likeness (QED) is 0.634. The topological polar surface area (TPSA) is 57.2 Å². The molecule has 0 aromatic heterocycles. The zero-order valence-electron chi connectivity index (χ0n) is 17.5. The van der Waals surface area contributed by atoms with E-state index in [-0.39, 0.29) is 17.8 Å². The molecule has 1 heterocycles. The molecule has 0 saturated carbocycles. The van der Waals surface area contributed by atoms with Crippen molar-refractivity contribution in [3.05, 3.63) is 53.6 Å². The minimum Gasteiger partial charge on any atom is -0.493 e. The Hall–Kier alpha value is -2.73. The van der Waals surface area contributed by atoms with Crippen LogP contribution >= 0.6 is 0 Å². The molecule has 2 unspecified atom stereocenters. The maximum atomic E-state index is 12.7. The molecule has 2 aromatic carbocycles. The van der Waals surface area contributed by atoms with E-state index in [1.54, 1.807) is 21.3 Å². The molecule has 1 aliphatic heterocycles. The monoisotopic (exact) mass is 399 g/mol. The molecule has 0 radical (unpaired) electrons. The van der Waals surface area contributed by atoms with Gasteiger partial charge < -0.3 is 18.9 Å². The van der Waals surface area contributed by atoms with Crippen molar-refractivity contribution in [1.82, 2.24) is 4.90 Å². The summed E-state index contributed by atoms with van der Waals surface area (Å²) in [5, 5.41) is 0. The SMILES string of the molecule is CCOC(=O)C1CN(Cc2ccccc2)CC1c1cc(OC)c(OC)c(OC)c1. The highest BCUT2D eigenvalue weighted by molar-refractivity contribution is 5.75. The Labute approximate surface area is 172 Å². The number of rotatable bonds is 8. The van der Waals surface area contributed by atoms with E-state index in [1.165, 1.54) is 5.56 Å². The third-order valence-electron chi connectivity index (χ3n) is 5.35. The van der Waals surface area contributed by atoms with Gasteiger partial charge in [0.05, 0.1) is 33.9 Å². The molecular weight excluding hydrogens is 370 g/mol. The van der Waals surface area contributed by atoms with Gasteiger partial charge >= 0.3 is 5.97 Å². The minimum absolute atomic E-state index is 0.0218. The highest BCUT2D eigenvalue weighted by Gasteiger charge is 2.40. The van der Waals surface area contributed by atoms with Crippen molar-refractivity contribution in [1.29, 1.82) is 0 Å². The van der Waals surface area contributed by atoms with Gasteiger partial charge in [0, 0.05) is 25.6 Å². The first-order valence-electron chi connectivity index (χ1n) is 9.84. The van der Waals surface area contributed by atoms with E-state index in [0.717, 1.165) is 18.7 Å². The van der Waals surface area contributed by atoms with Gasteiger partial charge in [0.25, 0.3) is 0 Å². The molecule has 29 heavy (non-hydrogen) atoms. The molecule has 2 atom stereocenters. The fourth-order valence-corrected chi connectivity index (χ4v) is 4.00. The summed E-state index contributed by atoms with van der Waals surface area (Å²) in [7, 11) is 4.78. The van der Waals surface area contributed by atoms with Gasteiger partial charge in [0.15, 0.2) is 11.5 Å². The van der Waals surface area contributed by atoms with Crippen molar-refractivity contribution in [3.63, 3.8) is 0 Å². The second-order valence-corrected chi connectivity index (χ2v) is 7.10. The molecule has 0 aliphatic carbocycles. The van der Waals surface area contributed by atoms with Crippen LogP contribution in [-0.2, 0) is 16.1 Å².